The van der Waals surface area contributed by atoms with E-state index in [0.717, 1.165) is 21.3 Å². The molecule has 0 saturated carbocycles. The van der Waals surface area contributed by atoms with Gasteiger partial charge in [-0.25, -0.2) is 19.9 Å². The van der Waals surface area contributed by atoms with Crippen LogP contribution in [0.2, 0.25) is 0 Å². The van der Waals surface area contributed by atoms with E-state index in [9.17, 15) is 0 Å². The van der Waals surface area contributed by atoms with E-state index in [1.165, 1.54) is 18.9 Å². The fourth-order valence-electron chi connectivity index (χ4n) is 4.30. The average Bonchev–Trinajstić information content (AvgIpc) is 3.49. The standard InChI is InChI=1S/C29H30N6O4/c1-17-7-10-24(37-5)18(2)27(17)39-29-26-22(12-21(34-29)23-14-35(3)16-33-23)31-15-32-28(26)30-13-19-8-9-20(36-4)11-25(19)38-6/h7-12,14-16H,13H2,1-6H3,(H,30,31,32)/i3D3. The van der Waals surface area contributed by atoms with Crippen LogP contribution in [-0.4, -0.2) is 45.8 Å². The normalized spacial score (nSPS) is 12.4. The van der Waals surface area contributed by atoms with Gasteiger partial charge >= 0.3 is 0 Å². The average molecular weight is 530 g/mol. The molecule has 5 aromatic rings. The van der Waals surface area contributed by atoms with Gasteiger partial charge in [0, 0.05) is 41.0 Å². The summed E-state index contributed by atoms with van der Waals surface area (Å²) in [4.78, 5) is 18.1. The second-order valence-corrected chi connectivity index (χ2v) is 8.77. The summed E-state index contributed by atoms with van der Waals surface area (Å²) in [6.45, 7) is 1.83. The van der Waals surface area contributed by atoms with Crippen LogP contribution in [0.15, 0.2) is 55.2 Å². The predicted octanol–water partition coefficient (Wildman–Crippen LogP) is 5.47. The van der Waals surface area contributed by atoms with Crippen LogP contribution in [0, 0.1) is 13.8 Å². The predicted molar refractivity (Wildman–Crippen MR) is 149 cm³/mol. The van der Waals surface area contributed by atoms with Gasteiger partial charge in [-0.2, -0.15) is 0 Å². The second-order valence-electron chi connectivity index (χ2n) is 8.77. The quantitative estimate of drug-likeness (QED) is 0.266. The van der Waals surface area contributed by atoms with Crippen molar-refractivity contribution >= 4 is 16.7 Å². The fourth-order valence-corrected chi connectivity index (χ4v) is 4.30. The van der Waals surface area contributed by atoms with Crippen molar-refractivity contribution in [3.63, 3.8) is 0 Å². The Balaban J connectivity index is 1.63. The molecule has 0 bridgehead atoms. The number of aryl methyl sites for hydroxylation is 2. The summed E-state index contributed by atoms with van der Waals surface area (Å²) in [6.07, 6.45) is 4.11. The van der Waals surface area contributed by atoms with Crippen molar-refractivity contribution in [2.24, 2.45) is 6.98 Å². The molecule has 0 aliphatic rings. The van der Waals surface area contributed by atoms with Gasteiger partial charge in [0.15, 0.2) is 0 Å². The van der Waals surface area contributed by atoms with Gasteiger partial charge in [0.1, 0.15) is 46.2 Å². The van der Waals surface area contributed by atoms with Crippen LogP contribution in [0.5, 0.6) is 28.9 Å². The third-order valence-corrected chi connectivity index (χ3v) is 6.34. The Morgan fingerprint density at radius 2 is 1.77 bits per heavy atom. The Morgan fingerprint density at radius 1 is 0.923 bits per heavy atom. The van der Waals surface area contributed by atoms with Crippen LogP contribution in [0.3, 0.4) is 0 Å². The van der Waals surface area contributed by atoms with E-state index in [1.807, 2.05) is 44.2 Å². The monoisotopic (exact) mass is 529 g/mol. The van der Waals surface area contributed by atoms with E-state index in [1.54, 1.807) is 27.4 Å². The van der Waals surface area contributed by atoms with Gasteiger partial charge in [-0.05, 0) is 43.7 Å². The number of ether oxygens (including phenoxy) is 4. The van der Waals surface area contributed by atoms with E-state index < -0.39 is 6.98 Å². The molecule has 200 valence electrons. The molecule has 5 rings (SSSR count). The number of methoxy groups -OCH3 is 3. The first-order valence-corrected chi connectivity index (χ1v) is 12.1. The van der Waals surface area contributed by atoms with Crippen LogP contribution in [0.25, 0.3) is 22.3 Å². The van der Waals surface area contributed by atoms with Crippen LogP contribution < -0.4 is 24.3 Å². The van der Waals surface area contributed by atoms with Crippen molar-refractivity contribution in [3.05, 3.63) is 71.9 Å². The van der Waals surface area contributed by atoms with Gasteiger partial charge in [-0.1, -0.05) is 6.07 Å². The molecular weight excluding hydrogens is 496 g/mol. The summed E-state index contributed by atoms with van der Waals surface area (Å²) in [7, 11) is 4.80. The molecule has 3 heterocycles. The number of fused-ring (bicyclic) bond motifs is 1. The third kappa shape index (κ3) is 5.13. The summed E-state index contributed by atoms with van der Waals surface area (Å²) in [6, 6.07) is 11.1. The first kappa shape index (κ1) is 22.2. The zero-order chi connectivity index (χ0) is 30.0. The summed E-state index contributed by atoms with van der Waals surface area (Å²) < 4.78 is 47.1. The lowest BCUT2D eigenvalue weighted by Gasteiger charge is -2.17. The van der Waals surface area contributed by atoms with E-state index in [-0.39, 0.29) is 5.88 Å². The maximum atomic E-state index is 7.71. The van der Waals surface area contributed by atoms with Gasteiger partial charge in [0.2, 0.25) is 5.88 Å². The lowest BCUT2D eigenvalue weighted by Crippen LogP contribution is -2.06. The summed E-state index contributed by atoms with van der Waals surface area (Å²) in [5, 5.41) is 3.90. The number of nitrogens with zero attached hydrogens (tertiary/aromatic N) is 5. The van der Waals surface area contributed by atoms with E-state index in [4.69, 9.17) is 28.0 Å². The van der Waals surface area contributed by atoms with E-state index in [2.05, 4.69) is 20.3 Å². The molecule has 3 aromatic heterocycles. The van der Waals surface area contributed by atoms with E-state index in [0.29, 0.717) is 57.7 Å². The largest absolute Gasteiger partial charge is 0.497 e. The maximum absolute atomic E-state index is 7.71. The molecule has 2 aromatic carbocycles. The number of benzene rings is 2. The van der Waals surface area contributed by atoms with Crippen molar-refractivity contribution in [3.8, 4) is 40.3 Å². The minimum atomic E-state index is -2.38. The van der Waals surface area contributed by atoms with Gasteiger partial charge in [-0.3, -0.25) is 0 Å². The second kappa shape index (κ2) is 10.9. The molecule has 10 heteroatoms. The Hall–Kier alpha value is -4.86. The molecule has 10 nitrogen and oxygen atoms in total. The Labute approximate surface area is 230 Å². The number of hydrogen-bond acceptors (Lipinski definition) is 9. The molecule has 0 amide bonds. The van der Waals surface area contributed by atoms with Crippen molar-refractivity contribution < 1.29 is 23.1 Å². The van der Waals surface area contributed by atoms with Gasteiger partial charge < -0.3 is 28.8 Å². The SMILES string of the molecule is [2H]C([2H])([2H])n1cnc(-c2cc3ncnc(NCc4ccc(OC)cc4OC)c3c(Oc3c(C)ccc(OC)c3C)n2)c1. The molecule has 0 spiro atoms. The maximum Gasteiger partial charge on any atom is 0.233 e. The highest BCUT2D eigenvalue weighted by atomic mass is 16.5. The van der Waals surface area contributed by atoms with Gasteiger partial charge in [-0.15, -0.1) is 0 Å². The first-order chi connectivity index (χ1) is 20.1. The molecule has 0 aliphatic heterocycles. The minimum absolute atomic E-state index is 0.218. The highest BCUT2D eigenvalue weighted by Crippen LogP contribution is 2.39. The van der Waals surface area contributed by atoms with Crippen molar-refractivity contribution in [2.75, 3.05) is 26.6 Å². The number of hydrogen-bond donors (Lipinski definition) is 1. The Bertz CT molecular complexity index is 1760. The topological polar surface area (TPSA) is 105 Å². The number of anilines is 1. The molecule has 0 atom stereocenters. The number of rotatable bonds is 9. The van der Waals surface area contributed by atoms with E-state index >= 15 is 0 Å². The van der Waals surface area contributed by atoms with Gasteiger partial charge in [0.25, 0.3) is 0 Å². The van der Waals surface area contributed by atoms with Crippen LogP contribution in [-0.2, 0) is 13.5 Å². The highest BCUT2D eigenvalue weighted by Gasteiger charge is 2.20. The number of imidazole rings is 1. The minimum Gasteiger partial charge on any atom is -0.497 e. The lowest BCUT2D eigenvalue weighted by molar-refractivity contribution is 0.391. The molecule has 0 fully saturated rings. The highest BCUT2D eigenvalue weighted by molar-refractivity contribution is 5.95. The van der Waals surface area contributed by atoms with Gasteiger partial charge in [0.05, 0.1) is 38.9 Å². The number of pyridine rings is 1. The summed E-state index contributed by atoms with van der Waals surface area (Å²) in [5.74, 6) is 3.27. The molecule has 0 unspecified atom stereocenters. The molecule has 0 aliphatic carbocycles. The summed E-state index contributed by atoms with van der Waals surface area (Å²) >= 11 is 0. The van der Waals surface area contributed by atoms with Crippen molar-refractivity contribution in [1.29, 1.82) is 0 Å². The van der Waals surface area contributed by atoms with Crippen molar-refractivity contribution in [1.82, 2.24) is 24.5 Å². The van der Waals surface area contributed by atoms with Crippen LogP contribution in [0.1, 0.15) is 20.8 Å². The first-order valence-electron chi connectivity index (χ1n) is 13.6. The van der Waals surface area contributed by atoms with Crippen molar-refractivity contribution in [2.45, 2.75) is 20.4 Å². The number of nitrogens with one attached hydrogen (secondary N) is 1. The molecule has 1 N–H and O–H groups in total. The zero-order valence-electron chi connectivity index (χ0n) is 25.3. The van der Waals surface area contributed by atoms with Crippen LogP contribution in [0.4, 0.5) is 5.82 Å². The Kier molecular flexibility index (Phi) is 6.17. The zero-order valence-corrected chi connectivity index (χ0v) is 22.3. The van der Waals surface area contributed by atoms with Crippen LogP contribution >= 0.6 is 0 Å². The molecule has 39 heavy (non-hydrogen) atoms. The smallest absolute Gasteiger partial charge is 0.233 e. The molecular formula is C29H30N6O4. The lowest BCUT2D eigenvalue weighted by atomic mass is 10.1. The third-order valence-electron chi connectivity index (χ3n) is 6.34. The summed E-state index contributed by atoms with van der Waals surface area (Å²) in [5.41, 5.74) is 3.81. The fraction of sp³-hybridized carbons (Fsp3) is 0.241. The Morgan fingerprint density at radius 3 is 2.51 bits per heavy atom. The molecule has 0 radical (unpaired) electrons. The number of aromatic nitrogens is 5. The molecule has 0 saturated heterocycles.